The van der Waals surface area contributed by atoms with Crippen molar-refractivity contribution in [3.8, 4) is 0 Å². The summed E-state index contributed by atoms with van der Waals surface area (Å²) in [6.45, 7) is 2.93. The predicted molar refractivity (Wildman–Crippen MR) is 102 cm³/mol. The summed E-state index contributed by atoms with van der Waals surface area (Å²) in [5.41, 5.74) is 1.84. The first-order valence-corrected chi connectivity index (χ1v) is 9.31. The Hall–Kier alpha value is -2.42. The quantitative estimate of drug-likeness (QED) is 0.733. The van der Waals surface area contributed by atoms with Crippen molar-refractivity contribution in [1.82, 2.24) is 20.1 Å². The highest BCUT2D eigenvalue weighted by molar-refractivity contribution is 6.01. The van der Waals surface area contributed by atoms with Crippen LogP contribution in [0.5, 0.6) is 0 Å². The first kappa shape index (κ1) is 18.0. The molecule has 2 fully saturated rings. The molecule has 3 heterocycles. The molecule has 2 amide bonds. The summed E-state index contributed by atoms with van der Waals surface area (Å²) >= 11 is 0. The largest absolute Gasteiger partial charge is 0.379 e. The molecule has 0 saturated carbocycles. The Labute approximate surface area is 157 Å². The lowest BCUT2D eigenvalue weighted by molar-refractivity contribution is -0.128. The summed E-state index contributed by atoms with van der Waals surface area (Å²) in [6.07, 6.45) is 2.10. The van der Waals surface area contributed by atoms with Crippen LogP contribution in [0.1, 0.15) is 12.8 Å². The van der Waals surface area contributed by atoms with Gasteiger partial charge in [-0.15, -0.1) is 0 Å². The zero-order chi connectivity index (χ0) is 18.8. The molecule has 2 unspecified atom stereocenters. The molecule has 2 saturated heterocycles. The number of fused-ring (bicyclic) bond motifs is 1. The molecule has 27 heavy (non-hydrogen) atoms. The monoisotopic (exact) mass is 371 g/mol. The molecule has 0 aliphatic carbocycles. The summed E-state index contributed by atoms with van der Waals surface area (Å²) in [6, 6.07) is 7.82. The summed E-state index contributed by atoms with van der Waals surface area (Å²) in [5, 5.41) is 10.2. The minimum atomic E-state index is -0.380. The number of anilines is 1. The highest BCUT2D eigenvalue weighted by Crippen LogP contribution is 2.24. The van der Waals surface area contributed by atoms with Crippen molar-refractivity contribution in [2.75, 3.05) is 31.6 Å². The Morgan fingerprint density at radius 1 is 1.30 bits per heavy atom. The van der Waals surface area contributed by atoms with E-state index in [1.165, 1.54) is 0 Å². The minimum absolute atomic E-state index is 0.0341. The maximum absolute atomic E-state index is 12.6. The number of hydrogen-bond donors (Lipinski definition) is 3. The molecule has 2 aromatic rings. The van der Waals surface area contributed by atoms with Gasteiger partial charge in [-0.2, -0.15) is 0 Å². The van der Waals surface area contributed by atoms with Gasteiger partial charge in [0.05, 0.1) is 44.1 Å². The topological polar surface area (TPSA) is 87.6 Å². The molecule has 2 aliphatic heterocycles. The third kappa shape index (κ3) is 3.97. The van der Waals surface area contributed by atoms with Crippen molar-refractivity contribution in [1.29, 1.82) is 0 Å². The van der Waals surface area contributed by atoms with E-state index < -0.39 is 0 Å². The van der Waals surface area contributed by atoms with Crippen LogP contribution in [0.2, 0.25) is 0 Å². The molecular weight excluding hydrogens is 346 g/mol. The second kappa shape index (κ2) is 7.67. The molecule has 144 valence electrons. The Morgan fingerprint density at radius 3 is 2.93 bits per heavy atom. The van der Waals surface area contributed by atoms with Crippen molar-refractivity contribution >= 4 is 28.4 Å². The number of ether oxygens (including phenoxy) is 1. The summed E-state index contributed by atoms with van der Waals surface area (Å²) in [5.74, 6) is -0.167. The molecule has 8 nitrogen and oxygen atoms in total. The van der Waals surface area contributed by atoms with Gasteiger partial charge in [0.2, 0.25) is 11.8 Å². The van der Waals surface area contributed by atoms with Gasteiger partial charge < -0.3 is 19.9 Å². The number of aromatic nitrogens is 1. The van der Waals surface area contributed by atoms with E-state index in [0.29, 0.717) is 19.6 Å². The zero-order valence-corrected chi connectivity index (χ0v) is 15.4. The number of hydrogen-bond acceptors (Lipinski definition) is 5. The van der Waals surface area contributed by atoms with E-state index in [9.17, 15) is 9.59 Å². The Bertz CT molecular complexity index is 843. The maximum atomic E-state index is 12.6. The van der Waals surface area contributed by atoms with Crippen LogP contribution >= 0.6 is 0 Å². The van der Waals surface area contributed by atoms with E-state index in [2.05, 4.69) is 20.9 Å². The van der Waals surface area contributed by atoms with Gasteiger partial charge in [-0.25, -0.2) is 0 Å². The van der Waals surface area contributed by atoms with E-state index in [-0.39, 0.29) is 30.6 Å². The molecule has 4 rings (SSSR count). The third-order valence-electron chi connectivity index (χ3n) is 5.19. The van der Waals surface area contributed by atoms with Gasteiger partial charge in [-0.3, -0.25) is 19.8 Å². The lowest BCUT2D eigenvalue weighted by atomic mass is 10.1. The average Bonchev–Trinajstić information content (AvgIpc) is 3.04. The Kier molecular flexibility index (Phi) is 5.11. The van der Waals surface area contributed by atoms with E-state index in [4.69, 9.17) is 4.74 Å². The molecule has 3 N–H and O–H groups in total. The Morgan fingerprint density at radius 2 is 2.11 bits per heavy atom. The fourth-order valence-electron chi connectivity index (χ4n) is 3.79. The van der Waals surface area contributed by atoms with Crippen molar-refractivity contribution < 1.29 is 14.3 Å². The smallest absolute Gasteiger partial charge is 0.227 e. The Balaban J connectivity index is 1.40. The van der Waals surface area contributed by atoms with Crippen molar-refractivity contribution in [2.24, 2.45) is 7.05 Å². The van der Waals surface area contributed by atoms with Crippen LogP contribution in [0.15, 0.2) is 30.5 Å². The maximum Gasteiger partial charge on any atom is 0.227 e. The SMILES string of the molecule is Cn1ccc2c(NC(=O)CC3NC(=O)CC(N4CCOCC4)N3)cccc21. The third-order valence-corrected chi connectivity index (χ3v) is 5.19. The lowest BCUT2D eigenvalue weighted by Gasteiger charge is -2.40. The molecule has 0 spiro atoms. The first-order chi connectivity index (χ1) is 13.1. The minimum Gasteiger partial charge on any atom is -0.379 e. The zero-order valence-electron chi connectivity index (χ0n) is 15.4. The first-order valence-electron chi connectivity index (χ1n) is 9.31. The number of rotatable bonds is 4. The van der Waals surface area contributed by atoms with Crippen LogP contribution in [0.25, 0.3) is 10.9 Å². The van der Waals surface area contributed by atoms with Crippen LogP contribution < -0.4 is 16.0 Å². The molecule has 2 atom stereocenters. The molecular formula is C19H25N5O3. The van der Waals surface area contributed by atoms with Crippen LogP contribution in [-0.2, 0) is 21.4 Å². The van der Waals surface area contributed by atoms with Gasteiger partial charge in [0.25, 0.3) is 0 Å². The van der Waals surface area contributed by atoms with Crippen LogP contribution in [0.4, 0.5) is 5.69 Å². The highest BCUT2D eigenvalue weighted by atomic mass is 16.5. The fourth-order valence-corrected chi connectivity index (χ4v) is 3.79. The van der Waals surface area contributed by atoms with E-state index >= 15 is 0 Å². The van der Waals surface area contributed by atoms with Crippen molar-refractivity contribution in [3.05, 3.63) is 30.5 Å². The number of amides is 2. The lowest BCUT2D eigenvalue weighted by Crippen LogP contribution is -2.63. The molecule has 1 aromatic heterocycles. The summed E-state index contributed by atoms with van der Waals surface area (Å²) < 4.78 is 7.39. The number of aryl methyl sites for hydroxylation is 1. The van der Waals surface area contributed by atoms with Gasteiger partial charge in [-0.1, -0.05) is 6.07 Å². The highest BCUT2D eigenvalue weighted by Gasteiger charge is 2.31. The number of nitrogens with one attached hydrogen (secondary N) is 3. The van der Waals surface area contributed by atoms with E-state index in [0.717, 1.165) is 29.7 Å². The van der Waals surface area contributed by atoms with Crippen LogP contribution in [-0.4, -0.2) is 59.9 Å². The number of nitrogens with zero attached hydrogens (tertiary/aromatic N) is 2. The summed E-state index contributed by atoms with van der Waals surface area (Å²) in [4.78, 5) is 26.9. The van der Waals surface area contributed by atoms with E-state index in [1.807, 2.05) is 42.1 Å². The van der Waals surface area contributed by atoms with Gasteiger partial charge in [0.15, 0.2) is 0 Å². The number of morpholine rings is 1. The number of carbonyl (C=O) groups is 2. The molecule has 8 heteroatoms. The van der Waals surface area contributed by atoms with Crippen molar-refractivity contribution in [2.45, 2.75) is 25.2 Å². The molecule has 0 bridgehead atoms. The molecule has 2 aliphatic rings. The molecule has 1 aromatic carbocycles. The normalized spacial score (nSPS) is 24.0. The van der Waals surface area contributed by atoms with Crippen molar-refractivity contribution in [3.63, 3.8) is 0 Å². The average molecular weight is 371 g/mol. The van der Waals surface area contributed by atoms with Gasteiger partial charge in [0.1, 0.15) is 0 Å². The number of carbonyl (C=O) groups excluding carboxylic acids is 2. The van der Waals surface area contributed by atoms with Crippen LogP contribution in [0, 0.1) is 0 Å². The molecule has 0 radical (unpaired) electrons. The number of benzene rings is 1. The van der Waals surface area contributed by atoms with Gasteiger partial charge in [-0.05, 0) is 18.2 Å². The predicted octanol–water partition coefficient (Wildman–Crippen LogP) is 0.601. The summed E-state index contributed by atoms with van der Waals surface area (Å²) in [7, 11) is 1.97. The van der Waals surface area contributed by atoms with Crippen LogP contribution in [0.3, 0.4) is 0 Å². The fraction of sp³-hybridized carbons (Fsp3) is 0.474. The van der Waals surface area contributed by atoms with E-state index in [1.54, 1.807) is 0 Å². The second-order valence-corrected chi connectivity index (χ2v) is 7.07. The standard InChI is InChI=1S/C19H25N5O3/c1-23-6-5-13-14(3-2-4-15(13)23)20-18(25)11-16-21-17(12-19(26)22-16)24-7-9-27-10-8-24/h2-6,16-17,21H,7-12H2,1H3,(H,20,25)(H,22,26). The van der Waals surface area contributed by atoms with Gasteiger partial charge in [0, 0.05) is 37.2 Å². The van der Waals surface area contributed by atoms with Gasteiger partial charge >= 0.3 is 0 Å². The second-order valence-electron chi connectivity index (χ2n) is 7.07.